The van der Waals surface area contributed by atoms with Gasteiger partial charge in [-0.15, -0.1) is 0 Å². The van der Waals surface area contributed by atoms with Crippen molar-refractivity contribution in [1.29, 1.82) is 0 Å². The van der Waals surface area contributed by atoms with Gasteiger partial charge in [-0.25, -0.2) is 4.79 Å². The molecule has 2 N–H and O–H groups in total. The maximum Gasteiger partial charge on any atom is 0.341 e. The summed E-state index contributed by atoms with van der Waals surface area (Å²) in [6, 6.07) is -0.235. The predicted molar refractivity (Wildman–Crippen MR) is 47.1 cm³/mol. The molecule has 0 amide bonds. The van der Waals surface area contributed by atoms with Crippen LogP contribution >= 0.6 is 0 Å². The third-order valence-electron chi connectivity index (χ3n) is 1.82. The van der Waals surface area contributed by atoms with Gasteiger partial charge in [0.05, 0.1) is 19.0 Å². The molecule has 0 saturated heterocycles. The van der Waals surface area contributed by atoms with E-state index in [-0.39, 0.29) is 6.04 Å². The Kier molecular flexibility index (Phi) is 2.67. The van der Waals surface area contributed by atoms with Gasteiger partial charge in [0.15, 0.2) is 0 Å². The fourth-order valence-corrected chi connectivity index (χ4v) is 1.25. The Bertz CT molecular complexity index is 317. The third-order valence-corrected chi connectivity index (χ3v) is 1.82. The first-order valence-corrected chi connectivity index (χ1v) is 3.93. The molecule has 0 spiro atoms. The number of carbonyl (C=O) groups excluding carboxylic acids is 1. The first-order chi connectivity index (χ1) is 6.07. The van der Waals surface area contributed by atoms with E-state index in [0.29, 0.717) is 11.3 Å². The second kappa shape index (κ2) is 3.57. The molecule has 5 heteroatoms. The number of aromatic nitrogens is 2. The fraction of sp³-hybridized carbons (Fsp3) is 0.500. The van der Waals surface area contributed by atoms with Crippen LogP contribution in [0.1, 0.15) is 29.0 Å². The normalized spacial score (nSPS) is 12.6. The molecule has 1 aromatic heterocycles. The Hall–Kier alpha value is -1.36. The number of esters is 1. The Labute approximate surface area is 76.5 Å². The van der Waals surface area contributed by atoms with Gasteiger partial charge < -0.3 is 10.5 Å². The summed E-state index contributed by atoms with van der Waals surface area (Å²) in [4.78, 5) is 11.2. The molecule has 1 atom stereocenters. The molecular formula is C8H13N3O2. The molecule has 0 aromatic carbocycles. The lowest BCUT2D eigenvalue weighted by molar-refractivity contribution is 0.0598. The number of methoxy groups -OCH3 is 1. The Morgan fingerprint density at radius 3 is 2.85 bits per heavy atom. The summed E-state index contributed by atoms with van der Waals surface area (Å²) in [6.45, 7) is 1.80. The van der Waals surface area contributed by atoms with E-state index in [9.17, 15) is 4.79 Å². The van der Waals surface area contributed by atoms with Crippen LogP contribution < -0.4 is 5.73 Å². The van der Waals surface area contributed by atoms with Gasteiger partial charge in [-0.3, -0.25) is 4.68 Å². The van der Waals surface area contributed by atoms with E-state index >= 15 is 0 Å². The number of hydrogen-bond acceptors (Lipinski definition) is 4. The molecular weight excluding hydrogens is 170 g/mol. The van der Waals surface area contributed by atoms with E-state index in [0.717, 1.165) is 0 Å². The van der Waals surface area contributed by atoms with Crippen LogP contribution in [0.3, 0.4) is 0 Å². The Morgan fingerprint density at radius 2 is 2.38 bits per heavy atom. The van der Waals surface area contributed by atoms with Crippen LogP contribution in [0.15, 0.2) is 6.20 Å². The second-order valence-corrected chi connectivity index (χ2v) is 2.85. The van der Waals surface area contributed by atoms with E-state index < -0.39 is 5.97 Å². The molecule has 1 aromatic rings. The number of nitrogens with zero attached hydrogens (tertiary/aromatic N) is 2. The molecule has 0 fully saturated rings. The standard InChI is InChI=1S/C8H13N3O2/c1-5(9)7-6(8(12)13-3)4-10-11(7)2/h4-5H,9H2,1-3H3. The van der Waals surface area contributed by atoms with Crippen molar-refractivity contribution in [2.24, 2.45) is 12.8 Å². The van der Waals surface area contributed by atoms with Crippen LogP contribution in [-0.2, 0) is 11.8 Å². The number of ether oxygens (including phenoxy) is 1. The third kappa shape index (κ3) is 1.70. The van der Waals surface area contributed by atoms with Gasteiger partial charge in [0.2, 0.25) is 0 Å². The van der Waals surface area contributed by atoms with Gasteiger partial charge in [-0.05, 0) is 6.92 Å². The minimum atomic E-state index is -0.402. The van der Waals surface area contributed by atoms with Gasteiger partial charge in [0.1, 0.15) is 5.56 Å². The SMILES string of the molecule is COC(=O)c1cnn(C)c1C(C)N. The lowest BCUT2D eigenvalue weighted by Gasteiger charge is -2.07. The zero-order valence-electron chi connectivity index (χ0n) is 7.94. The van der Waals surface area contributed by atoms with E-state index in [1.807, 2.05) is 0 Å². The van der Waals surface area contributed by atoms with E-state index in [2.05, 4.69) is 9.84 Å². The summed E-state index contributed by atoms with van der Waals surface area (Å²) in [5.41, 5.74) is 6.80. The molecule has 0 aliphatic heterocycles. The highest BCUT2D eigenvalue weighted by molar-refractivity contribution is 5.90. The molecule has 0 bridgehead atoms. The summed E-state index contributed by atoms with van der Waals surface area (Å²) in [6.07, 6.45) is 1.46. The molecule has 72 valence electrons. The first kappa shape index (κ1) is 9.73. The number of hydrogen-bond donors (Lipinski definition) is 1. The van der Waals surface area contributed by atoms with Gasteiger partial charge in [-0.2, -0.15) is 5.10 Å². The minimum absolute atomic E-state index is 0.235. The zero-order valence-corrected chi connectivity index (χ0v) is 7.94. The van der Waals surface area contributed by atoms with E-state index in [1.54, 1.807) is 18.7 Å². The Balaban J connectivity index is 3.15. The van der Waals surface area contributed by atoms with Crippen molar-refractivity contribution >= 4 is 5.97 Å². The van der Waals surface area contributed by atoms with Crippen molar-refractivity contribution in [3.63, 3.8) is 0 Å². The largest absolute Gasteiger partial charge is 0.465 e. The van der Waals surface area contributed by atoms with Gasteiger partial charge in [0, 0.05) is 13.1 Å². The highest BCUT2D eigenvalue weighted by Gasteiger charge is 2.18. The van der Waals surface area contributed by atoms with Crippen LogP contribution in [-0.4, -0.2) is 22.9 Å². The van der Waals surface area contributed by atoms with Crippen LogP contribution in [0.25, 0.3) is 0 Å². The monoisotopic (exact) mass is 183 g/mol. The maximum atomic E-state index is 11.2. The summed E-state index contributed by atoms with van der Waals surface area (Å²) < 4.78 is 6.17. The quantitative estimate of drug-likeness (QED) is 0.666. The van der Waals surface area contributed by atoms with E-state index in [4.69, 9.17) is 5.73 Å². The highest BCUT2D eigenvalue weighted by atomic mass is 16.5. The molecule has 1 unspecified atom stereocenters. The van der Waals surface area contributed by atoms with Crippen molar-refractivity contribution in [1.82, 2.24) is 9.78 Å². The maximum absolute atomic E-state index is 11.2. The molecule has 0 saturated carbocycles. The summed E-state index contributed by atoms with van der Waals surface area (Å²) in [5.74, 6) is -0.402. The van der Waals surface area contributed by atoms with Crippen molar-refractivity contribution in [3.8, 4) is 0 Å². The number of rotatable bonds is 2. The lowest BCUT2D eigenvalue weighted by atomic mass is 10.1. The van der Waals surface area contributed by atoms with Crippen LogP contribution in [0, 0.1) is 0 Å². The van der Waals surface area contributed by atoms with Crippen molar-refractivity contribution < 1.29 is 9.53 Å². The summed E-state index contributed by atoms with van der Waals surface area (Å²) >= 11 is 0. The van der Waals surface area contributed by atoms with Gasteiger partial charge >= 0.3 is 5.97 Å². The molecule has 5 nitrogen and oxygen atoms in total. The van der Waals surface area contributed by atoms with E-state index in [1.165, 1.54) is 13.3 Å². The van der Waals surface area contributed by atoms with Crippen molar-refractivity contribution in [3.05, 3.63) is 17.5 Å². The molecule has 0 aliphatic rings. The van der Waals surface area contributed by atoms with Crippen LogP contribution in [0.2, 0.25) is 0 Å². The van der Waals surface area contributed by atoms with Crippen molar-refractivity contribution in [2.45, 2.75) is 13.0 Å². The average molecular weight is 183 g/mol. The highest BCUT2D eigenvalue weighted by Crippen LogP contribution is 2.15. The predicted octanol–water partition coefficient (Wildman–Crippen LogP) is 0.226. The summed E-state index contributed by atoms with van der Waals surface area (Å²) in [7, 11) is 3.07. The van der Waals surface area contributed by atoms with Gasteiger partial charge in [-0.1, -0.05) is 0 Å². The zero-order chi connectivity index (χ0) is 10.0. The Morgan fingerprint density at radius 1 is 1.77 bits per heavy atom. The molecule has 1 rings (SSSR count). The van der Waals surface area contributed by atoms with Gasteiger partial charge in [0.25, 0.3) is 0 Å². The molecule has 0 aliphatic carbocycles. The second-order valence-electron chi connectivity index (χ2n) is 2.85. The lowest BCUT2D eigenvalue weighted by Crippen LogP contribution is -2.15. The molecule has 13 heavy (non-hydrogen) atoms. The molecule has 0 radical (unpaired) electrons. The van der Waals surface area contributed by atoms with Crippen LogP contribution in [0.5, 0.6) is 0 Å². The smallest absolute Gasteiger partial charge is 0.341 e. The van der Waals surface area contributed by atoms with Crippen LogP contribution in [0.4, 0.5) is 0 Å². The van der Waals surface area contributed by atoms with Crippen molar-refractivity contribution in [2.75, 3.05) is 7.11 Å². The fourth-order valence-electron chi connectivity index (χ4n) is 1.25. The minimum Gasteiger partial charge on any atom is -0.465 e. The molecule has 1 heterocycles. The average Bonchev–Trinajstić information content (AvgIpc) is 2.45. The number of aryl methyl sites for hydroxylation is 1. The number of nitrogens with two attached hydrogens (primary N) is 1. The number of carbonyl (C=O) groups is 1. The first-order valence-electron chi connectivity index (χ1n) is 3.93. The summed E-state index contributed by atoms with van der Waals surface area (Å²) in [5, 5.41) is 3.94. The topological polar surface area (TPSA) is 70.1 Å².